The molecule has 2 aromatic carbocycles. The molecule has 26 heavy (non-hydrogen) atoms. The maximum absolute atomic E-state index is 13.3. The van der Waals surface area contributed by atoms with E-state index >= 15 is 0 Å². The molecule has 5 heteroatoms. The normalized spacial score (nSPS) is 20.5. The maximum atomic E-state index is 13.3. The van der Waals surface area contributed by atoms with Gasteiger partial charge in [0.25, 0.3) is 0 Å². The lowest BCUT2D eigenvalue weighted by molar-refractivity contribution is -0.141. The molecule has 1 amide bonds. The molecule has 2 heterocycles. The minimum absolute atomic E-state index is 0. The fraction of sp³-hybridized carbons (Fsp3) is 0.381. The third-order valence-electron chi connectivity index (χ3n) is 5.68. The average Bonchev–Trinajstić information content (AvgIpc) is 2.59. The molecule has 1 N–H and O–H groups in total. The number of fused-ring (bicyclic) bond motifs is 1. The van der Waals surface area contributed by atoms with Crippen LogP contribution in [0.15, 0.2) is 48.5 Å². The smallest absolute Gasteiger partial charge is 0.226 e. The van der Waals surface area contributed by atoms with Gasteiger partial charge in [-0.1, -0.05) is 54.9 Å². The van der Waals surface area contributed by atoms with Crippen molar-refractivity contribution in [2.24, 2.45) is 11.8 Å². The number of hydrogen-bond acceptors (Lipinski definition) is 2. The Hall–Kier alpha value is -1.55. The summed E-state index contributed by atoms with van der Waals surface area (Å²) in [7, 11) is 0. The van der Waals surface area contributed by atoms with Crippen LogP contribution < -0.4 is 5.32 Å². The van der Waals surface area contributed by atoms with Gasteiger partial charge in [0, 0.05) is 17.5 Å². The summed E-state index contributed by atoms with van der Waals surface area (Å²) < 4.78 is 0. The first-order chi connectivity index (χ1) is 12.1. The van der Waals surface area contributed by atoms with Crippen molar-refractivity contribution in [2.45, 2.75) is 25.9 Å². The summed E-state index contributed by atoms with van der Waals surface area (Å²) in [5, 5.41) is 4.01. The van der Waals surface area contributed by atoms with Crippen molar-refractivity contribution in [3.63, 3.8) is 0 Å². The van der Waals surface area contributed by atoms with Crippen molar-refractivity contribution in [3.05, 3.63) is 70.2 Å². The van der Waals surface area contributed by atoms with Gasteiger partial charge in [0.2, 0.25) is 5.91 Å². The SMILES string of the molecule is CC(C(=O)N1Cc2cc(Cl)ccc2CC1c1ccccc1)C1CNC1.Cl. The van der Waals surface area contributed by atoms with Gasteiger partial charge in [-0.05, 0) is 54.3 Å². The first-order valence-corrected chi connectivity index (χ1v) is 9.34. The zero-order valence-corrected chi connectivity index (χ0v) is 16.4. The van der Waals surface area contributed by atoms with E-state index in [2.05, 4.69) is 47.5 Å². The number of hydrogen-bond donors (Lipinski definition) is 1. The fourth-order valence-electron chi connectivity index (χ4n) is 3.89. The third-order valence-corrected chi connectivity index (χ3v) is 5.91. The highest BCUT2D eigenvalue weighted by Gasteiger charge is 2.37. The van der Waals surface area contributed by atoms with Crippen molar-refractivity contribution in [3.8, 4) is 0 Å². The van der Waals surface area contributed by atoms with E-state index in [1.54, 1.807) is 0 Å². The predicted octanol–water partition coefficient (Wildman–Crippen LogP) is 4.24. The molecule has 0 saturated carbocycles. The van der Waals surface area contributed by atoms with Gasteiger partial charge < -0.3 is 10.2 Å². The second-order valence-corrected chi connectivity index (χ2v) is 7.65. The summed E-state index contributed by atoms with van der Waals surface area (Å²) in [6, 6.07) is 16.5. The molecule has 2 atom stereocenters. The lowest BCUT2D eigenvalue weighted by Gasteiger charge is -2.41. The maximum Gasteiger partial charge on any atom is 0.226 e. The van der Waals surface area contributed by atoms with Crippen LogP contribution in [0.5, 0.6) is 0 Å². The number of benzene rings is 2. The lowest BCUT2D eigenvalue weighted by atomic mass is 9.84. The van der Waals surface area contributed by atoms with Crippen LogP contribution >= 0.6 is 24.0 Å². The summed E-state index contributed by atoms with van der Waals surface area (Å²) in [5.41, 5.74) is 3.67. The summed E-state index contributed by atoms with van der Waals surface area (Å²) in [6.07, 6.45) is 0.845. The predicted molar refractivity (Wildman–Crippen MR) is 108 cm³/mol. The highest BCUT2D eigenvalue weighted by molar-refractivity contribution is 6.30. The number of carbonyl (C=O) groups is 1. The molecule has 2 aliphatic heterocycles. The lowest BCUT2D eigenvalue weighted by Crippen LogP contribution is -2.51. The van der Waals surface area contributed by atoms with Crippen molar-refractivity contribution in [1.82, 2.24) is 10.2 Å². The van der Waals surface area contributed by atoms with Crippen LogP contribution in [-0.4, -0.2) is 23.9 Å². The van der Waals surface area contributed by atoms with E-state index in [1.807, 2.05) is 18.2 Å². The monoisotopic (exact) mass is 390 g/mol. The highest BCUT2D eigenvalue weighted by Crippen LogP contribution is 2.36. The summed E-state index contributed by atoms with van der Waals surface area (Å²) in [4.78, 5) is 15.3. The van der Waals surface area contributed by atoms with Crippen LogP contribution in [0.3, 0.4) is 0 Å². The molecule has 2 aliphatic rings. The minimum Gasteiger partial charge on any atom is -0.331 e. The Kier molecular flexibility index (Phi) is 5.91. The second-order valence-electron chi connectivity index (χ2n) is 7.22. The van der Waals surface area contributed by atoms with Crippen molar-refractivity contribution in [1.29, 1.82) is 0 Å². The number of nitrogens with zero attached hydrogens (tertiary/aromatic N) is 1. The Morgan fingerprint density at radius 2 is 1.88 bits per heavy atom. The van der Waals surface area contributed by atoms with Crippen molar-refractivity contribution < 1.29 is 4.79 Å². The zero-order valence-electron chi connectivity index (χ0n) is 14.8. The standard InChI is InChI=1S/C21H23ClN2O.ClH/c1-14(18-11-23-12-18)21(25)24-13-17-9-19(22)8-7-16(17)10-20(24)15-5-3-2-4-6-15;/h2-9,14,18,20,23H,10-13H2,1H3;1H. The van der Waals surface area contributed by atoms with E-state index in [9.17, 15) is 4.79 Å². The highest BCUT2D eigenvalue weighted by atomic mass is 35.5. The first-order valence-electron chi connectivity index (χ1n) is 8.97. The quantitative estimate of drug-likeness (QED) is 0.849. The van der Waals surface area contributed by atoms with Gasteiger partial charge in [-0.3, -0.25) is 4.79 Å². The van der Waals surface area contributed by atoms with E-state index in [0.29, 0.717) is 12.5 Å². The van der Waals surface area contributed by atoms with Crippen LogP contribution in [-0.2, 0) is 17.8 Å². The fourth-order valence-corrected chi connectivity index (χ4v) is 4.08. The van der Waals surface area contributed by atoms with Crippen LogP contribution in [0.4, 0.5) is 0 Å². The van der Waals surface area contributed by atoms with E-state index in [1.165, 1.54) is 16.7 Å². The molecule has 0 aliphatic carbocycles. The molecule has 3 nitrogen and oxygen atoms in total. The van der Waals surface area contributed by atoms with Crippen LogP contribution in [0.1, 0.15) is 29.7 Å². The summed E-state index contributed by atoms with van der Waals surface area (Å²) in [6.45, 7) is 4.60. The van der Waals surface area contributed by atoms with E-state index < -0.39 is 0 Å². The molecule has 0 bridgehead atoms. The molecule has 1 fully saturated rings. The van der Waals surface area contributed by atoms with Gasteiger partial charge in [-0.15, -0.1) is 12.4 Å². The van der Waals surface area contributed by atoms with Crippen molar-refractivity contribution in [2.75, 3.05) is 13.1 Å². The largest absolute Gasteiger partial charge is 0.331 e. The van der Waals surface area contributed by atoms with E-state index in [0.717, 1.165) is 24.5 Å². The molecule has 1 saturated heterocycles. The van der Waals surface area contributed by atoms with Crippen LogP contribution in [0, 0.1) is 11.8 Å². The minimum atomic E-state index is 0. The molecule has 2 unspecified atom stereocenters. The third kappa shape index (κ3) is 3.62. The number of amides is 1. The van der Waals surface area contributed by atoms with Crippen LogP contribution in [0.25, 0.3) is 0 Å². The van der Waals surface area contributed by atoms with Gasteiger partial charge in [0.15, 0.2) is 0 Å². The molecule has 0 spiro atoms. The zero-order chi connectivity index (χ0) is 17.4. The second kappa shape index (κ2) is 7.99. The topological polar surface area (TPSA) is 32.3 Å². The van der Waals surface area contributed by atoms with Gasteiger partial charge in [0.05, 0.1) is 6.04 Å². The Morgan fingerprint density at radius 1 is 1.15 bits per heavy atom. The van der Waals surface area contributed by atoms with Gasteiger partial charge in [-0.25, -0.2) is 0 Å². The molecule has 0 aromatic heterocycles. The average molecular weight is 391 g/mol. The van der Waals surface area contributed by atoms with Gasteiger partial charge in [-0.2, -0.15) is 0 Å². The Morgan fingerprint density at radius 3 is 2.54 bits per heavy atom. The number of rotatable bonds is 3. The molecule has 4 rings (SSSR count). The molecule has 0 radical (unpaired) electrons. The van der Waals surface area contributed by atoms with Crippen molar-refractivity contribution >= 4 is 29.9 Å². The number of nitrogens with one attached hydrogen (secondary N) is 1. The number of carbonyl (C=O) groups excluding carboxylic acids is 1. The van der Waals surface area contributed by atoms with Gasteiger partial charge in [0.1, 0.15) is 0 Å². The van der Waals surface area contributed by atoms with Gasteiger partial charge >= 0.3 is 0 Å². The molecular weight excluding hydrogens is 367 g/mol. The Bertz CT molecular complexity index is 777. The molecular formula is C21H24Cl2N2O. The summed E-state index contributed by atoms with van der Waals surface area (Å²) in [5.74, 6) is 0.754. The number of halogens is 2. The molecule has 138 valence electrons. The van der Waals surface area contributed by atoms with E-state index in [-0.39, 0.29) is 30.3 Å². The molecule has 2 aromatic rings. The van der Waals surface area contributed by atoms with E-state index in [4.69, 9.17) is 11.6 Å². The van der Waals surface area contributed by atoms with Crippen LogP contribution in [0.2, 0.25) is 5.02 Å². The Balaban J connectivity index is 0.00000196. The Labute approximate surface area is 166 Å². The summed E-state index contributed by atoms with van der Waals surface area (Å²) >= 11 is 6.19. The first kappa shape index (κ1) is 19.2.